The highest BCUT2D eigenvalue weighted by molar-refractivity contribution is 5.29. The second-order valence-electron chi connectivity index (χ2n) is 4.49. The topological polar surface area (TPSA) is 20.2 Å². The molecule has 1 aromatic rings. The van der Waals surface area contributed by atoms with E-state index in [4.69, 9.17) is 0 Å². The number of hydrogen-bond acceptors (Lipinski definition) is 1. The normalized spacial score (nSPS) is 22.1. The van der Waals surface area contributed by atoms with Crippen LogP contribution in [0.2, 0.25) is 0 Å². The van der Waals surface area contributed by atoms with Crippen molar-refractivity contribution in [3.05, 3.63) is 47.3 Å². The Morgan fingerprint density at radius 3 is 2.88 bits per heavy atom. The van der Waals surface area contributed by atoms with Gasteiger partial charge in [-0.3, -0.25) is 0 Å². The Bertz CT molecular complexity index is 398. The highest BCUT2D eigenvalue weighted by Crippen LogP contribution is 2.33. The van der Waals surface area contributed by atoms with Crippen LogP contribution in [0.1, 0.15) is 36.5 Å². The lowest BCUT2D eigenvalue weighted by Gasteiger charge is -2.25. The summed E-state index contributed by atoms with van der Waals surface area (Å²) in [6, 6.07) is 4.62. The van der Waals surface area contributed by atoms with Crippen LogP contribution in [0.4, 0.5) is 4.39 Å². The molecule has 0 saturated carbocycles. The average molecular weight is 220 g/mol. The molecule has 1 aliphatic rings. The molecular formula is C14H17FO. The van der Waals surface area contributed by atoms with Crippen LogP contribution < -0.4 is 0 Å². The molecule has 0 saturated heterocycles. The van der Waals surface area contributed by atoms with E-state index < -0.39 is 6.10 Å². The quantitative estimate of drug-likeness (QED) is 0.756. The second-order valence-corrected chi connectivity index (χ2v) is 4.49. The maximum Gasteiger partial charge on any atom is 0.123 e. The third-order valence-electron chi connectivity index (χ3n) is 3.32. The van der Waals surface area contributed by atoms with Crippen LogP contribution in [0.15, 0.2) is 30.4 Å². The summed E-state index contributed by atoms with van der Waals surface area (Å²) in [6.07, 6.45) is 6.58. The first-order valence-electron chi connectivity index (χ1n) is 5.77. The third-order valence-corrected chi connectivity index (χ3v) is 3.32. The molecule has 0 radical (unpaired) electrons. The molecule has 1 aromatic carbocycles. The molecule has 2 unspecified atom stereocenters. The molecule has 2 rings (SSSR count). The zero-order chi connectivity index (χ0) is 11.5. The molecule has 0 aliphatic heterocycles. The first kappa shape index (κ1) is 11.3. The van der Waals surface area contributed by atoms with Gasteiger partial charge in [-0.25, -0.2) is 4.39 Å². The van der Waals surface area contributed by atoms with Gasteiger partial charge in [0.15, 0.2) is 0 Å². The van der Waals surface area contributed by atoms with E-state index in [0.717, 1.165) is 30.4 Å². The van der Waals surface area contributed by atoms with E-state index in [0.29, 0.717) is 0 Å². The van der Waals surface area contributed by atoms with E-state index in [-0.39, 0.29) is 11.7 Å². The van der Waals surface area contributed by atoms with Crippen molar-refractivity contribution in [3.63, 3.8) is 0 Å². The number of benzene rings is 1. The van der Waals surface area contributed by atoms with Crippen LogP contribution in [0, 0.1) is 18.7 Å². The predicted octanol–water partition coefficient (Wildman–Crippen LogP) is 3.52. The molecule has 2 atom stereocenters. The minimum atomic E-state index is -0.541. The Kier molecular flexibility index (Phi) is 3.39. The lowest BCUT2D eigenvalue weighted by Crippen LogP contribution is -2.15. The maximum atomic E-state index is 13.1. The van der Waals surface area contributed by atoms with E-state index in [9.17, 15) is 9.50 Å². The number of hydrogen-bond donors (Lipinski definition) is 1. The average Bonchev–Trinajstić information content (AvgIpc) is 2.32. The number of rotatable bonds is 2. The van der Waals surface area contributed by atoms with Crippen molar-refractivity contribution in [1.82, 2.24) is 0 Å². The van der Waals surface area contributed by atoms with Crippen molar-refractivity contribution in [3.8, 4) is 0 Å². The number of allylic oxidation sites excluding steroid dienone is 2. The Balaban J connectivity index is 2.22. The van der Waals surface area contributed by atoms with E-state index >= 15 is 0 Å². The van der Waals surface area contributed by atoms with Crippen LogP contribution in [-0.4, -0.2) is 5.11 Å². The lowest BCUT2D eigenvalue weighted by molar-refractivity contribution is 0.102. The van der Waals surface area contributed by atoms with Gasteiger partial charge in [0.2, 0.25) is 0 Å². The van der Waals surface area contributed by atoms with Gasteiger partial charge >= 0.3 is 0 Å². The fourth-order valence-corrected chi connectivity index (χ4v) is 2.29. The molecule has 0 bridgehead atoms. The Morgan fingerprint density at radius 1 is 1.38 bits per heavy atom. The fraction of sp³-hybridized carbons (Fsp3) is 0.429. The minimum absolute atomic E-state index is 0.227. The summed E-state index contributed by atoms with van der Waals surface area (Å²) < 4.78 is 13.1. The van der Waals surface area contributed by atoms with Crippen LogP contribution >= 0.6 is 0 Å². The van der Waals surface area contributed by atoms with Crippen molar-refractivity contribution in [2.24, 2.45) is 5.92 Å². The number of aliphatic hydroxyl groups is 1. The van der Waals surface area contributed by atoms with Crippen LogP contribution in [0.3, 0.4) is 0 Å². The Morgan fingerprint density at radius 2 is 2.19 bits per heavy atom. The minimum Gasteiger partial charge on any atom is -0.388 e. The van der Waals surface area contributed by atoms with E-state index in [1.807, 2.05) is 6.92 Å². The standard InChI is InChI=1S/C14H17FO/c1-10-7-8-12(15)9-13(10)14(16)11-5-3-2-4-6-11/h2-3,7-9,11,14,16H,4-6H2,1H3. The molecule has 0 amide bonds. The molecule has 1 nitrogen and oxygen atoms in total. The summed E-state index contributed by atoms with van der Waals surface area (Å²) >= 11 is 0. The monoisotopic (exact) mass is 220 g/mol. The molecule has 2 heteroatoms. The molecule has 1 N–H and O–H groups in total. The van der Waals surface area contributed by atoms with Gasteiger partial charge in [0.1, 0.15) is 5.82 Å². The molecule has 0 aromatic heterocycles. The summed E-state index contributed by atoms with van der Waals surface area (Å²) in [5.74, 6) is -0.0449. The summed E-state index contributed by atoms with van der Waals surface area (Å²) in [4.78, 5) is 0. The molecule has 16 heavy (non-hydrogen) atoms. The summed E-state index contributed by atoms with van der Waals surface area (Å²) in [5.41, 5.74) is 1.70. The molecule has 0 fully saturated rings. The molecule has 0 heterocycles. The number of aryl methyl sites for hydroxylation is 1. The van der Waals surface area contributed by atoms with E-state index in [1.165, 1.54) is 12.1 Å². The largest absolute Gasteiger partial charge is 0.388 e. The van der Waals surface area contributed by atoms with Crippen LogP contribution in [-0.2, 0) is 0 Å². The smallest absolute Gasteiger partial charge is 0.123 e. The van der Waals surface area contributed by atoms with Crippen LogP contribution in [0.5, 0.6) is 0 Å². The van der Waals surface area contributed by atoms with Crippen LogP contribution in [0.25, 0.3) is 0 Å². The predicted molar refractivity (Wildman–Crippen MR) is 62.6 cm³/mol. The van der Waals surface area contributed by atoms with Gasteiger partial charge in [-0.1, -0.05) is 18.2 Å². The zero-order valence-corrected chi connectivity index (χ0v) is 9.49. The van der Waals surface area contributed by atoms with Gasteiger partial charge < -0.3 is 5.11 Å². The molecular weight excluding hydrogens is 203 g/mol. The van der Waals surface area contributed by atoms with Crippen molar-refractivity contribution in [1.29, 1.82) is 0 Å². The summed E-state index contributed by atoms with van der Waals surface area (Å²) in [6.45, 7) is 1.91. The highest BCUT2D eigenvalue weighted by Gasteiger charge is 2.22. The Labute approximate surface area is 95.6 Å². The maximum absolute atomic E-state index is 13.1. The fourth-order valence-electron chi connectivity index (χ4n) is 2.29. The molecule has 0 spiro atoms. The SMILES string of the molecule is Cc1ccc(F)cc1C(O)C1CC=CCC1. The van der Waals surface area contributed by atoms with Gasteiger partial charge in [-0.05, 0) is 55.4 Å². The molecule has 1 aliphatic carbocycles. The van der Waals surface area contributed by atoms with E-state index in [2.05, 4.69) is 12.2 Å². The second kappa shape index (κ2) is 4.79. The van der Waals surface area contributed by atoms with Crippen molar-refractivity contribution in [2.75, 3.05) is 0 Å². The van der Waals surface area contributed by atoms with Crippen molar-refractivity contribution >= 4 is 0 Å². The van der Waals surface area contributed by atoms with Gasteiger partial charge in [0.05, 0.1) is 6.10 Å². The lowest BCUT2D eigenvalue weighted by atomic mass is 9.85. The number of aliphatic hydroxyl groups excluding tert-OH is 1. The number of halogens is 1. The van der Waals surface area contributed by atoms with Gasteiger partial charge in [-0.15, -0.1) is 0 Å². The Hall–Kier alpha value is -1.15. The van der Waals surface area contributed by atoms with Gasteiger partial charge in [0, 0.05) is 0 Å². The van der Waals surface area contributed by atoms with E-state index in [1.54, 1.807) is 6.07 Å². The summed E-state index contributed by atoms with van der Waals surface area (Å²) in [7, 11) is 0. The molecule has 86 valence electrons. The highest BCUT2D eigenvalue weighted by atomic mass is 19.1. The first-order valence-corrected chi connectivity index (χ1v) is 5.77. The summed E-state index contributed by atoms with van der Waals surface area (Å²) in [5, 5.41) is 10.2. The van der Waals surface area contributed by atoms with Crippen molar-refractivity contribution in [2.45, 2.75) is 32.3 Å². The third kappa shape index (κ3) is 2.33. The van der Waals surface area contributed by atoms with Gasteiger partial charge in [0.25, 0.3) is 0 Å². The van der Waals surface area contributed by atoms with Crippen molar-refractivity contribution < 1.29 is 9.50 Å². The zero-order valence-electron chi connectivity index (χ0n) is 9.49. The first-order chi connectivity index (χ1) is 7.68. The van der Waals surface area contributed by atoms with Gasteiger partial charge in [-0.2, -0.15) is 0 Å².